The van der Waals surface area contributed by atoms with E-state index in [1.165, 1.54) is 5.56 Å². The highest BCUT2D eigenvalue weighted by molar-refractivity contribution is 5.73. The van der Waals surface area contributed by atoms with Crippen LogP contribution in [-0.4, -0.2) is 43.3 Å². The van der Waals surface area contributed by atoms with Crippen LogP contribution in [0.15, 0.2) is 24.3 Å². The molecular weight excluding hydrogens is 230 g/mol. The number of amides is 2. The zero-order chi connectivity index (χ0) is 13.4. The van der Waals surface area contributed by atoms with Gasteiger partial charge in [-0.1, -0.05) is 24.3 Å². The average Bonchev–Trinajstić information content (AvgIpc) is 2.34. The minimum atomic E-state index is -0.260. The van der Waals surface area contributed by atoms with Crippen molar-refractivity contribution < 1.29 is 9.90 Å². The van der Waals surface area contributed by atoms with Gasteiger partial charge in [0.15, 0.2) is 0 Å². The van der Waals surface area contributed by atoms with E-state index < -0.39 is 0 Å². The Morgan fingerprint density at radius 1 is 1.22 bits per heavy atom. The molecule has 0 radical (unpaired) electrons. The first-order valence-corrected chi connectivity index (χ1v) is 5.97. The lowest BCUT2D eigenvalue weighted by Crippen LogP contribution is -2.36. The average molecular weight is 251 g/mol. The van der Waals surface area contributed by atoms with Gasteiger partial charge in [-0.3, -0.25) is 0 Å². The van der Waals surface area contributed by atoms with Crippen molar-refractivity contribution in [3.63, 3.8) is 0 Å². The molecule has 0 spiro atoms. The van der Waals surface area contributed by atoms with Gasteiger partial charge in [0.1, 0.15) is 0 Å². The number of urea groups is 1. The van der Waals surface area contributed by atoms with E-state index in [9.17, 15) is 4.79 Å². The largest absolute Gasteiger partial charge is 0.395 e. The third-order valence-corrected chi connectivity index (χ3v) is 2.44. The number of nitrogens with zero attached hydrogens (tertiary/aromatic N) is 1. The third-order valence-electron chi connectivity index (χ3n) is 2.44. The zero-order valence-corrected chi connectivity index (χ0v) is 10.9. The molecule has 0 saturated carbocycles. The molecule has 3 N–H and O–H groups in total. The maximum Gasteiger partial charge on any atom is 0.315 e. The van der Waals surface area contributed by atoms with Crippen molar-refractivity contribution in [2.45, 2.75) is 13.1 Å². The quantitative estimate of drug-likeness (QED) is 0.691. The molecule has 0 heterocycles. The zero-order valence-electron chi connectivity index (χ0n) is 10.9. The minimum Gasteiger partial charge on any atom is -0.395 e. The van der Waals surface area contributed by atoms with Gasteiger partial charge in [0.25, 0.3) is 0 Å². The van der Waals surface area contributed by atoms with Crippen molar-refractivity contribution in [3.8, 4) is 0 Å². The van der Waals surface area contributed by atoms with Crippen molar-refractivity contribution in [2.75, 3.05) is 27.2 Å². The highest BCUT2D eigenvalue weighted by Crippen LogP contribution is 2.10. The van der Waals surface area contributed by atoms with E-state index in [0.29, 0.717) is 6.54 Å². The number of nitrogens with one attached hydrogen (secondary N) is 2. The molecule has 0 saturated heterocycles. The second-order valence-corrected chi connectivity index (χ2v) is 4.34. The molecule has 1 aromatic carbocycles. The number of benzene rings is 1. The van der Waals surface area contributed by atoms with E-state index in [2.05, 4.69) is 21.6 Å². The number of rotatable bonds is 6. The predicted octanol–water partition coefficient (Wildman–Crippen LogP) is 0.540. The Morgan fingerprint density at radius 2 is 1.89 bits per heavy atom. The Balaban J connectivity index is 2.53. The van der Waals surface area contributed by atoms with Gasteiger partial charge in [0, 0.05) is 19.6 Å². The van der Waals surface area contributed by atoms with Gasteiger partial charge >= 0.3 is 6.03 Å². The highest BCUT2D eigenvalue weighted by atomic mass is 16.3. The molecule has 2 amide bonds. The lowest BCUT2D eigenvalue weighted by atomic mass is 10.1. The van der Waals surface area contributed by atoms with Crippen molar-refractivity contribution in [1.29, 1.82) is 0 Å². The lowest BCUT2D eigenvalue weighted by molar-refractivity contribution is 0.234. The first-order chi connectivity index (χ1) is 8.63. The second kappa shape index (κ2) is 7.68. The van der Waals surface area contributed by atoms with Crippen molar-refractivity contribution in [2.24, 2.45) is 0 Å². The fourth-order valence-electron chi connectivity index (χ4n) is 1.63. The van der Waals surface area contributed by atoms with Crippen LogP contribution in [0.25, 0.3) is 0 Å². The SMILES string of the molecule is CN(C)Cc1ccccc1CNC(=O)NCCO. The van der Waals surface area contributed by atoms with Gasteiger partial charge in [-0.25, -0.2) is 4.79 Å². The van der Waals surface area contributed by atoms with Crippen LogP contribution in [0.5, 0.6) is 0 Å². The van der Waals surface area contributed by atoms with E-state index in [1.807, 2.05) is 32.3 Å². The maximum absolute atomic E-state index is 11.4. The standard InChI is InChI=1S/C13H21N3O2/c1-16(2)10-12-6-4-3-5-11(12)9-15-13(18)14-7-8-17/h3-6,17H,7-10H2,1-2H3,(H2,14,15,18). The molecular formula is C13H21N3O2. The van der Waals surface area contributed by atoms with Gasteiger partial charge in [-0.05, 0) is 25.2 Å². The summed E-state index contributed by atoms with van der Waals surface area (Å²) in [5, 5.41) is 13.9. The Morgan fingerprint density at radius 3 is 2.50 bits per heavy atom. The van der Waals surface area contributed by atoms with Crippen LogP contribution in [-0.2, 0) is 13.1 Å². The first-order valence-electron chi connectivity index (χ1n) is 5.97. The molecule has 0 bridgehead atoms. The van der Waals surface area contributed by atoms with Crippen LogP contribution in [0, 0.1) is 0 Å². The van der Waals surface area contributed by atoms with Crippen LogP contribution >= 0.6 is 0 Å². The molecule has 0 aliphatic rings. The van der Waals surface area contributed by atoms with Gasteiger partial charge in [0.2, 0.25) is 0 Å². The summed E-state index contributed by atoms with van der Waals surface area (Å²) in [5.74, 6) is 0. The normalized spacial score (nSPS) is 10.4. The number of carbonyl (C=O) groups excluding carboxylic acids is 1. The van der Waals surface area contributed by atoms with Crippen molar-refractivity contribution in [1.82, 2.24) is 15.5 Å². The molecule has 0 aromatic heterocycles. The lowest BCUT2D eigenvalue weighted by Gasteiger charge is -2.14. The second-order valence-electron chi connectivity index (χ2n) is 4.34. The van der Waals surface area contributed by atoms with E-state index >= 15 is 0 Å². The fraction of sp³-hybridized carbons (Fsp3) is 0.462. The van der Waals surface area contributed by atoms with E-state index in [-0.39, 0.29) is 19.2 Å². The van der Waals surface area contributed by atoms with Crippen LogP contribution in [0.1, 0.15) is 11.1 Å². The topological polar surface area (TPSA) is 64.6 Å². The summed E-state index contributed by atoms with van der Waals surface area (Å²) in [5.41, 5.74) is 2.30. The van der Waals surface area contributed by atoms with Gasteiger partial charge in [-0.2, -0.15) is 0 Å². The summed E-state index contributed by atoms with van der Waals surface area (Å²) >= 11 is 0. The maximum atomic E-state index is 11.4. The molecule has 5 heteroatoms. The first kappa shape index (κ1) is 14.5. The number of aliphatic hydroxyl groups is 1. The summed E-state index contributed by atoms with van der Waals surface area (Å²) in [6, 6.07) is 7.76. The molecule has 100 valence electrons. The number of hydrogen-bond acceptors (Lipinski definition) is 3. The highest BCUT2D eigenvalue weighted by Gasteiger charge is 2.04. The number of carbonyl (C=O) groups is 1. The van der Waals surface area contributed by atoms with Gasteiger partial charge < -0.3 is 20.6 Å². The summed E-state index contributed by atoms with van der Waals surface area (Å²) in [4.78, 5) is 13.5. The molecule has 1 rings (SSSR count). The van der Waals surface area contributed by atoms with Crippen molar-refractivity contribution >= 4 is 6.03 Å². The summed E-state index contributed by atoms with van der Waals surface area (Å²) < 4.78 is 0. The smallest absolute Gasteiger partial charge is 0.315 e. The molecule has 0 unspecified atom stereocenters. The summed E-state index contributed by atoms with van der Waals surface area (Å²) in [6.45, 7) is 1.55. The molecule has 1 aromatic rings. The molecule has 0 aliphatic heterocycles. The Labute approximate surface area is 108 Å². The van der Waals surface area contributed by atoms with E-state index in [0.717, 1.165) is 12.1 Å². The molecule has 0 atom stereocenters. The Kier molecular flexibility index (Phi) is 6.18. The number of aliphatic hydroxyl groups excluding tert-OH is 1. The van der Waals surface area contributed by atoms with Crippen LogP contribution in [0.2, 0.25) is 0 Å². The number of hydrogen-bond donors (Lipinski definition) is 3. The Bertz CT molecular complexity index is 380. The molecule has 0 fully saturated rings. The molecule has 0 aliphatic carbocycles. The summed E-state index contributed by atoms with van der Waals surface area (Å²) in [6.07, 6.45) is 0. The van der Waals surface area contributed by atoms with Crippen LogP contribution < -0.4 is 10.6 Å². The predicted molar refractivity (Wildman–Crippen MR) is 71.2 cm³/mol. The van der Waals surface area contributed by atoms with Crippen LogP contribution in [0.3, 0.4) is 0 Å². The Hall–Kier alpha value is -1.59. The fourth-order valence-corrected chi connectivity index (χ4v) is 1.63. The third kappa shape index (κ3) is 5.16. The van der Waals surface area contributed by atoms with Crippen LogP contribution in [0.4, 0.5) is 4.79 Å². The monoisotopic (exact) mass is 251 g/mol. The van der Waals surface area contributed by atoms with Gasteiger partial charge in [0.05, 0.1) is 6.61 Å². The van der Waals surface area contributed by atoms with E-state index in [1.54, 1.807) is 0 Å². The van der Waals surface area contributed by atoms with Gasteiger partial charge in [-0.15, -0.1) is 0 Å². The van der Waals surface area contributed by atoms with E-state index in [4.69, 9.17) is 5.11 Å². The minimum absolute atomic E-state index is 0.0510. The molecule has 5 nitrogen and oxygen atoms in total. The molecule has 18 heavy (non-hydrogen) atoms. The van der Waals surface area contributed by atoms with Crippen molar-refractivity contribution in [3.05, 3.63) is 35.4 Å². The summed E-state index contributed by atoms with van der Waals surface area (Å²) in [7, 11) is 4.02.